The van der Waals surface area contributed by atoms with Crippen molar-refractivity contribution in [2.75, 3.05) is 11.4 Å². The highest BCUT2D eigenvalue weighted by Gasteiger charge is 2.34. The lowest BCUT2D eigenvalue weighted by atomic mass is 10.1. The molecule has 0 radical (unpaired) electrons. The molecule has 3 rings (SSSR count). The second kappa shape index (κ2) is 6.79. The molecular formula is C17H16ClN3O2. The second-order valence-electron chi connectivity index (χ2n) is 5.45. The molecule has 0 spiro atoms. The van der Waals surface area contributed by atoms with Gasteiger partial charge in [0.25, 0.3) is 0 Å². The molecule has 1 aliphatic heterocycles. The topological polar surface area (TPSA) is 62.3 Å². The van der Waals surface area contributed by atoms with Gasteiger partial charge in [-0.25, -0.2) is 4.98 Å². The first-order valence-corrected chi connectivity index (χ1v) is 7.75. The van der Waals surface area contributed by atoms with Crippen LogP contribution in [0, 0.1) is 5.92 Å². The molecule has 1 aromatic heterocycles. The summed E-state index contributed by atoms with van der Waals surface area (Å²) in [6.07, 6.45) is 1.86. The van der Waals surface area contributed by atoms with E-state index in [2.05, 4.69) is 10.3 Å². The number of para-hydroxylation sites is 1. The Morgan fingerprint density at radius 1 is 1.26 bits per heavy atom. The number of amides is 2. The summed E-state index contributed by atoms with van der Waals surface area (Å²) in [6, 6.07) is 12.9. The monoisotopic (exact) mass is 329 g/mol. The van der Waals surface area contributed by atoms with Crippen LogP contribution in [0.2, 0.25) is 5.15 Å². The minimum atomic E-state index is -0.331. The van der Waals surface area contributed by atoms with Crippen LogP contribution in [0.1, 0.15) is 12.0 Å². The van der Waals surface area contributed by atoms with E-state index in [0.717, 1.165) is 11.3 Å². The van der Waals surface area contributed by atoms with Gasteiger partial charge < -0.3 is 10.2 Å². The van der Waals surface area contributed by atoms with Crippen LogP contribution in [0.3, 0.4) is 0 Å². The molecule has 0 aliphatic carbocycles. The number of benzene rings is 1. The van der Waals surface area contributed by atoms with E-state index in [-0.39, 0.29) is 24.2 Å². The number of pyridine rings is 1. The molecule has 6 heteroatoms. The van der Waals surface area contributed by atoms with E-state index in [1.54, 1.807) is 17.2 Å². The van der Waals surface area contributed by atoms with Gasteiger partial charge in [0.15, 0.2) is 0 Å². The summed E-state index contributed by atoms with van der Waals surface area (Å²) in [6.45, 7) is 0.784. The van der Waals surface area contributed by atoms with Gasteiger partial charge in [0.1, 0.15) is 5.15 Å². The van der Waals surface area contributed by atoms with E-state index in [0.29, 0.717) is 18.2 Å². The third kappa shape index (κ3) is 3.68. The average molecular weight is 330 g/mol. The highest BCUT2D eigenvalue weighted by molar-refractivity contribution is 6.29. The molecule has 118 valence electrons. The van der Waals surface area contributed by atoms with Crippen molar-refractivity contribution in [2.45, 2.75) is 13.0 Å². The normalized spacial score (nSPS) is 17.3. The van der Waals surface area contributed by atoms with Gasteiger partial charge in [-0.15, -0.1) is 0 Å². The molecule has 1 N–H and O–H groups in total. The maximum atomic E-state index is 12.3. The Hall–Kier alpha value is -2.40. The van der Waals surface area contributed by atoms with Crippen LogP contribution >= 0.6 is 11.6 Å². The van der Waals surface area contributed by atoms with Gasteiger partial charge in [-0.05, 0) is 23.8 Å². The zero-order valence-electron chi connectivity index (χ0n) is 12.4. The van der Waals surface area contributed by atoms with Crippen molar-refractivity contribution < 1.29 is 9.59 Å². The van der Waals surface area contributed by atoms with Crippen molar-refractivity contribution >= 4 is 29.1 Å². The predicted octanol–water partition coefficient (Wildman–Crippen LogP) is 2.40. The van der Waals surface area contributed by atoms with Crippen LogP contribution in [-0.4, -0.2) is 23.3 Å². The van der Waals surface area contributed by atoms with Gasteiger partial charge >= 0.3 is 0 Å². The van der Waals surface area contributed by atoms with E-state index in [4.69, 9.17) is 11.6 Å². The third-order valence-corrected chi connectivity index (χ3v) is 4.04. The predicted molar refractivity (Wildman–Crippen MR) is 88.0 cm³/mol. The summed E-state index contributed by atoms with van der Waals surface area (Å²) in [5.74, 6) is -0.473. The Labute approximate surface area is 139 Å². The lowest BCUT2D eigenvalue weighted by molar-refractivity contribution is -0.126. The van der Waals surface area contributed by atoms with Crippen molar-refractivity contribution in [3.8, 4) is 0 Å². The van der Waals surface area contributed by atoms with Crippen molar-refractivity contribution in [1.29, 1.82) is 0 Å². The Bertz CT molecular complexity index is 704. The molecule has 1 atom stereocenters. The van der Waals surface area contributed by atoms with Crippen molar-refractivity contribution in [2.24, 2.45) is 5.92 Å². The molecule has 1 fully saturated rings. The van der Waals surface area contributed by atoms with E-state index in [9.17, 15) is 9.59 Å². The number of carbonyl (C=O) groups excluding carboxylic acids is 2. The largest absolute Gasteiger partial charge is 0.352 e. The molecule has 1 unspecified atom stereocenters. The first-order valence-electron chi connectivity index (χ1n) is 7.37. The van der Waals surface area contributed by atoms with Gasteiger partial charge in [0.05, 0.1) is 5.92 Å². The van der Waals surface area contributed by atoms with Gasteiger partial charge in [-0.3, -0.25) is 9.59 Å². The minimum absolute atomic E-state index is 0.0236. The SMILES string of the molecule is O=C(NCc1ccc(Cl)nc1)C1CC(=O)N(c2ccccc2)C1. The first-order chi connectivity index (χ1) is 11.1. The maximum Gasteiger partial charge on any atom is 0.227 e. The molecule has 5 nitrogen and oxygen atoms in total. The number of anilines is 1. The van der Waals surface area contributed by atoms with Crippen LogP contribution in [0.5, 0.6) is 0 Å². The molecule has 2 amide bonds. The number of hydrogen-bond acceptors (Lipinski definition) is 3. The van der Waals surface area contributed by atoms with Crippen LogP contribution in [0.15, 0.2) is 48.7 Å². The Morgan fingerprint density at radius 3 is 2.74 bits per heavy atom. The number of nitrogens with zero attached hydrogens (tertiary/aromatic N) is 2. The number of carbonyl (C=O) groups is 2. The Morgan fingerprint density at radius 2 is 2.04 bits per heavy atom. The third-order valence-electron chi connectivity index (χ3n) is 3.82. The molecule has 0 bridgehead atoms. The molecule has 23 heavy (non-hydrogen) atoms. The smallest absolute Gasteiger partial charge is 0.227 e. The molecule has 1 aromatic carbocycles. The maximum absolute atomic E-state index is 12.3. The highest BCUT2D eigenvalue weighted by atomic mass is 35.5. The summed E-state index contributed by atoms with van der Waals surface area (Å²) in [7, 11) is 0. The van der Waals surface area contributed by atoms with Crippen LogP contribution in [-0.2, 0) is 16.1 Å². The number of nitrogens with one attached hydrogen (secondary N) is 1. The number of aromatic nitrogens is 1. The lowest BCUT2D eigenvalue weighted by Gasteiger charge is -2.16. The quantitative estimate of drug-likeness (QED) is 0.876. The second-order valence-corrected chi connectivity index (χ2v) is 5.84. The zero-order valence-corrected chi connectivity index (χ0v) is 13.2. The Balaban J connectivity index is 1.58. The molecule has 1 aliphatic rings. The van der Waals surface area contributed by atoms with E-state index in [1.807, 2.05) is 36.4 Å². The van der Waals surface area contributed by atoms with Crippen LogP contribution < -0.4 is 10.2 Å². The van der Waals surface area contributed by atoms with Gasteiger partial charge in [0, 0.05) is 31.4 Å². The molecule has 2 heterocycles. The van der Waals surface area contributed by atoms with E-state index < -0.39 is 0 Å². The van der Waals surface area contributed by atoms with Gasteiger partial charge in [-0.2, -0.15) is 0 Å². The number of rotatable bonds is 4. The molecule has 2 aromatic rings. The fourth-order valence-electron chi connectivity index (χ4n) is 2.59. The molecule has 0 saturated carbocycles. The summed E-state index contributed by atoms with van der Waals surface area (Å²) in [4.78, 5) is 30.0. The fraction of sp³-hybridized carbons (Fsp3) is 0.235. The van der Waals surface area contributed by atoms with Crippen molar-refractivity contribution in [1.82, 2.24) is 10.3 Å². The number of halogens is 1. The number of hydrogen-bond donors (Lipinski definition) is 1. The first kappa shape index (κ1) is 15.5. The molecular weight excluding hydrogens is 314 g/mol. The summed E-state index contributed by atoms with van der Waals surface area (Å²) < 4.78 is 0. The average Bonchev–Trinajstić information content (AvgIpc) is 2.97. The van der Waals surface area contributed by atoms with Crippen molar-refractivity contribution in [3.63, 3.8) is 0 Å². The van der Waals surface area contributed by atoms with E-state index in [1.165, 1.54) is 0 Å². The summed E-state index contributed by atoms with van der Waals surface area (Å²) in [5, 5.41) is 3.27. The fourth-order valence-corrected chi connectivity index (χ4v) is 2.70. The van der Waals surface area contributed by atoms with Gasteiger partial charge in [0.2, 0.25) is 11.8 Å². The van der Waals surface area contributed by atoms with Crippen LogP contribution in [0.25, 0.3) is 0 Å². The van der Waals surface area contributed by atoms with Crippen LogP contribution in [0.4, 0.5) is 5.69 Å². The summed E-state index contributed by atoms with van der Waals surface area (Å²) in [5.41, 5.74) is 1.70. The van der Waals surface area contributed by atoms with Crippen molar-refractivity contribution in [3.05, 3.63) is 59.4 Å². The Kier molecular flexibility index (Phi) is 4.57. The summed E-state index contributed by atoms with van der Waals surface area (Å²) >= 11 is 5.73. The highest BCUT2D eigenvalue weighted by Crippen LogP contribution is 2.24. The lowest BCUT2D eigenvalue weighted by Crippen LogP contribution is -2.32. The molecule has 1 saturated heterocycles. The van der Waals surface area contributed by atoms with E-state index >= 15 is 0 Å². The van der Waals surface area contributed by atoms with Gasteiger partial charge in [-0.1, -0.05) is 35.9 Å². The zero-order chi connectivity index (χ0) is 16.2. The standard InChI is InChI=1S/C17H16ClN3O2/c18-15-7-6-12(9-19-15)10-20-17(23)13-8-16(22)21(11-13)14-4-2-1-3-5-14/h1-7,9,13H,8,10-11H2,(H,20,23). The minimum Gasteiger partial charge on any atom is -0.352 e.